The molecule has 0 heterocycles. The molecule has 0 radical (unpaired) electrons. The van der Waals surface area contributed by atoms with Gasteiger partial charge in [0.1, 0.15) is 0 Å². The second-order valence-electron chi connectivity index (χ2n) is 4.13. The van der Waals surface area contributed by atoms with E-state index in [1.165, 1.54) is 12.1 Å². The molecule has 4 nitrogen and oxygen atoms in total. The smallest absolute Gasteiger partial charge is 0.395 e. The van der Waals surface area contributed by atoms with Crippen LogP contribution in [0.25, 0.3) is 0 Å². The number of aliphatic hydroxyl groups excluding tert-OH is 1. The number of aliphatic hydroxyl groups is 1. The van der Waals surface area contributed by atoms with Gasteiger partial charge >= 0.3 is 6.18 Å². The Morgan fingerprint density at radius 3 is 2.35 bits per heavy atom. The molecule has 0 aromatic heterocycles. The van der Waals surface area contributed by atoms with Crippen molar-refractivity contribution >= 4 is 10.0 Å². The Morgan fingerprint density at radius 2 is 1.85 bits per heavy atom. The molecular formula is C12H16F3NO3S. The Kier molecular flexibility index (Phi) is 5.55. The van der Waals surface area contributed by atoms with E-state index in [9.17, 15) is 21.6 Å². The second kappa shape index (κ2) is 6.55. The lowest BCUT2D eigenvalue weighted by Gasteiger charge is -2.20. The fourth-order valence-electron chi connectivity index (χ4n) is 1.82. The molecule has 1 N–H and O–H groups in total. The Hall–Kier alpha value is -1.12. The summed E-state index contributed by atoms with van der Waals surface area (Å²) in [6.07, 6.45) is -4.60. The molecule has 114 valence electrons. The molecule has 0 fully saturated rings. The first kappa shape index (κ1) is 16.9. The van der Waals surface area contributed by atoms with Gasteiger partial charge < -0.3 is 5.11 Å². The van der Waals surface area contributed by atoms with E-state index < -0.39 is 27.5 Å². The van der Waals surface area contributed by atoms with Crippen LogP contribution in [0.4, 0.5) is 13.2 Å². The predicted molar refractivity (Wildman–Crippen MR) is 68.4 cm³/mol. The topological polar surface area (TPSA) is 57.6 Å². The molecule has 8 heteroatoms. The van der Waals surface area contributed by atoms with Gasteiger partial charge in [-0.15, -0.1) is 0 Å². The van der Waals surface area contributed by atoms with Gasteiger partial charge in [-0.05, 0) is 11.6 Å². The first-order chi connectivity index (χ1) is 9.22. The maximum atomic E-state index is 12.8. The van der Waals surface area contributed by atoms with E-state index in [1.807, 2.05) is 0 Å². The summed E-state index contributed by atoms with van der Waals surface area (Å²) in [5.74, 6) is -0.740. The third kappa shape index (κ3) is 4.19. The van der Waals surface area contributed by atoms with Crippen molar-refractivity contribution in [2.45, 2.75) is 18.9 Å². The van der Waals surface area contributed by atoms with E-state index in [-0.39, 0.29) is 25.3 Å². The van der Waals surface area contributed by atoms with Crippen molar-refractivity contribution in [2.24, 2.45) is 0 Å². The number of hydrogen-bond acceptors (Lipinski definition) is 3. The number of hydrogen-bond donors (Lipinski definition) is 1. The van der Waals surface area contributed by atoms with Gasteiger partial charge in [-0.25, -0.2) is 8.42 Å². The highest BCUT2D eigenvalue weighted by atomic mass is 32.2. The molecule has 0 aliphatic rings. The number of nitrogens with zero attached hydrogens (tertiary/aromatic N) is 1. The molecule has 1 rings (SSSR count). The third-order valence-electron chi connectivity index (χ3n) is 2.76. The van der Waals surface area contributed by atoms with Crippen molar-refractivity contribution in [1.29, 1.82) is 0 Å². The maximum absolute atomic E-state index is 12.8. The summed E-state index contributed by atoms with van der Waals surface area (Å²) in [5, 5.41) is 8.79. The molecule has 0 saturated carbocycles. The van der Waals surface area contributed by atoms with E-state index >= 15 is 0 Å². The zero-order valence-electron chi connectivity index (χ0n) is 10.9. The zero-order valence-corrected chi connectivity index (χ0v) is 11.7. The van der Waals surface area contributed by atoms with Crippen molar-refractivity contribution in [1.82, 2.24) is 4.31 Å². The Balaban J connectivity index is 3.10. The van der Waals surface area contributed by atoms with Crippen LogP contribution in [0.15, 0.2) is 24.3 Å². The molecule has 0 saturated heterocycles. The largest absolute Gasteiger partial charge is 0.416 e. The number of benzene rings is 1. The number of halogens is 3. The maximum Gasteiger partial charge on any atom is 0.416 e. The first-order valence-electron chi connectivity index (χ1n) is 5.96. The lowest BCUT2D eigenvalue weighted by molar-refractivity contribution is -0.138. The molecule has 0 amide bonds. The fourth-order valence-corrected chi connectivity index (χ4v) is 3.40. The van der Waals surface area contributed by atoms with E-state index in [1.54, 1.807) is 6.92 Å². The van der Waals surface area contributed by atoms with Crippen molar-refractivity contribution in [3.8, 4) is 0 Å². The minimum absolute atomic E-state index is 0.0943. The third-order valence-corrected chi connectivity index (χ3v) is 4.66. The second-order valence-corrected chi connectivity index (χ2v) is 6.10. The summed E-state index contributed by atoms with van der Waals surface area (Å²) < 4.78 is 63.5. The van der Waals surface area contributed by atoms with Gasteiger partial charge in [-0.3, -0.25) is 0 Å². The number of likely N-dealkylation sites (N-methyl/N-ethyl adjacent to an activating group) is 1. The highest BCUT2D eigenvalue weighted by molar-refractivity contribution is 7.88. The van der Waals surface area contributed by atoms with E-state index in [0.29, 0.717) is 0 Å². The molecule has 0 spiro atoms. The van der Waals surface area contributed by atoms with Gasteiger partial charge in [-0.1, -0.05) is 25.1 Å². The average molecular weight is 311 g/mol. The van der Waals surface area contributed by atoms with Crippen LogP contribution in [0.1, 0.15) is 18.1 Å². The average Bonchev–Trinajstić information content (AvgIpc) is 2.34. The minimum atomic E-state index is -4.60. The van der Waals surface area contributed by atoms with Crippen LogP contribution in [-0.4, -0.2) is 37.5 Å². The van der Waals surface area contributed by atoms with E-state index in [2.05, 4.69) is 0 Å². The van der Waals surface area contributed by atoms with Gasteiger partial charge in [0, 0.05) is 13.1 Å². The van der Waals surface area contributed by atoms with Crippen molar-refractivity contribution in [2.75, 3.05) is 19.7 Å². The van der Waals surface area contributed by atoms with Gasteiger partial charge in [0.25, 0.3) is 0 Å². The monoisotopic (exact) mass is 311 g/mol. The Morgan fingerprint density at radius 1 is 1.25 bits per heavy atom. The quantitative estimate of drug-likeness (QED) is 0.872. The summed E-state index contributed by atoms with van der Waals surface area (Å²) in [5.41, 5.74) is -1.25. The van der Waals surface area contributed by atoms with Gasteiger partial charge in [0.05, 0.1) is 17.9 Å². The standard InChI is InChI=1S/C12H16F3NO3S/c1-2-16(7-8-17)20(18,19)9-10-5-3-4-6-11(10)12(13,14)15/h3-6,17H,2,7-9H2,1H3. The fraction of sp³-hybridized carbons (Fsp3) is 0.500. The van der Waals surface area contributed by atoms with Crippen molar-refractivity contribution < 1.29 is 26.7 Å². The molecule has 20 heavy (non-hydrogen) atoms. The van der Waals surface area contributed by atoms with Crippen LogP contribution in [-0.2, 0) is 22.0 Å². The molecular weight excluding hydrogens is 295 g/mol. The predicted octanol–water partition coefficient (Wildman–Crippen LogP) is 1.85. The van der Waals surface area contributed by atoms with Gasteiger partial charge in [-0.2, -0.15) is 17.5 Å². The highest BCUT2D eigenvalue weighted by Crippen LogP contribution is 2.32. The van der Waals surface area contributed by atoms with Gasteiger partial charge in [0.15, 0.2) is 0 Å². The molecule has 0 aliphatic carbocycles. The summed E-state index contributed by atoms with van der Waals surface area (Å²) in [7, 11) is -3.90. The summed E-state index contributed by atoms with van der Waals surface area (Å²) in [4.78, 5) is 0. The van der Waals surface area contributed by atoms with E-state index in [4.69, 9.17) is 5.11 Å². The number of alkyl halides is 3. The lowest BCUT2D eigenvalue weighted by Crippen LogP contribution is -2.34. The Labute approximate surface area is 115 Å². The molecule has 0 bridgehead atoms. The first-order valence-corrected chi connectivity index (χ1v) is 7.57. The normalized spacial score (nSPS) is 12.9. The molecule has 1 aromatic rings. The van der Waals surface area contributed by atoms with Crippen LogP contribution in [0.3, 0.4) is 0 Å². The summed E-state index contributed by atoms with van der Waals surface area (Å²) in [6.45, 7) is 1.14. The zero-order chi connectivity index (χ0) is 15.4. The van der Waals surface area contributed by atoms with Crippen LogP contribution in [0.2, 0.25) is 0 Å². The lowest BCUT2D eigenvalue weighted by atomic mass is 10.1. The van der Waals surface area contributed by atoms with Crippen molar-refractivity contribution in [3.63, 3.8) is 0 Å². The molecule has 0 unspecified atom stereocenters. The Bertz CT molecular complexity index is 543. The summed E-state index contributed by atoms with van der Waals surface area (Å²) >= 11 is 0. The van der Waals surface area contributed by atoms with Crippen LogP contribution < -0.4 is 0 Å². The van der Waals surface area contributed by atoms with Crippen LogP contribution >= 0.6 is 0 Å². The molecule has 0 atom stereocenters. The van der Waals surface area contributed by atoms with Crippen molar-refractivity contribution in [3.05, 3.63) is 35.4 Å². The van der Waals surface area contributed by atoms with Crippen LogP contribution in [0, 0.1) is 0 Å². The number of sulfonamides is 1. The highest BCUT2D eigenvalue weighted by Gasteiger charge is 2.34. The van der Waals surface area contributed by atoms with Crippen LogP contribution in [0.5, 0.6) is 0 Å². The molecule has 1 aromatic carbocycles. The SMILES string of the molecule is CCN(CCO)S(=O)(=O)Cc1ccccc1C(F)(F)F. The van der Waals surface area contributed by atoms with E-state index in [0.717, 1.165) is 16.4 Å². The minimum Gasteiger partial charge on any atom is -0.395 e. The number of rotatable bonds is 6. The van der Waals surface area contributed by atoms with Gasteiger partial charge in [0.2, 0.25) is 10.0 Å². The summed E-state index contributed by atoms with van der Waals surface area (Å²) in [6, 6.07) is 4.58. The molecule has 0 aliphatic heterocycles.